The number of benzene rings is 1. The summed E-state index contributed by atoms with van der Waals surface area (Å²) in [5, 5.41) is 3.19. The van der Waals surface area contributed by atoms with Crippen molar-refractivity contribution in [1.82, 2.24) is 0 Å². The molecule has 0 heterocycles. The zero-order valence-electron chi connectivity index (χ0n) is 17.6. The maximum absolute atomic E-state index is 3.85. The summed E-state index contributed by atoms with van der Waals surface area (Å²) in [4.78, 5) is 0. The summed E-state index contributed by atoms with van der Waals surface area (Å²) >= 11 is 0. The monoisotopic (exact) mass is 478 g/mol. The van der Waals surface area contributed by atoms with Gasteiger partial charge in [-0.3, -0.25) is 6.08 Å². The van der Waals surface area contributed by atoms with Crippen LogP contribution in [0.4, 0.5) is 0 Å². The fourth-order valence-electron chi connectivity index (χ4n) is 3.70. The molecule has 0 atom stereocenters. The van der Waals surface area contributed by atoms with Gasteiger partial charge in [-0.15, -0.1) is 0 Å². The third-order valence-corrected chi connectivity index (χ3v) is 6.28. The fraction of sp³-hybridized carbons (Fsp3) is 0.545. The Hall–Kier alpha value is 0.501. The van der Waals surface area contributed by atoms with Crippen molar-refractivity contribution in [3.63, 3.8) is 0 Å². The van der Waals surface area contributed by atoms with Crippen LogP contribution in [0, 0.1) is 25.3 Å². The van der Waals surface area contributed by atoms with E-state index in [-0.39, 0.29) is 73.9 Å². The van der Waals surface area contributed by atoms with E-state index >= 15 is 0 Å². The SMILES string of the molecule is CCCCCC1=C(C(C)(C)C)[C-]=C([SiH2]c2cc(C)cc(C)c2)C1.[Cl-].[Cl-].[Cl-].[Ti+4]. The number of halogens is 3. The molecule has 0 saturated carbocycles. The van der Waals surface area contributed by atoms with Crippen LogP contribution in [-0.2, 0) is 21.7 Å². The number of unbranched alkanes of at least 4 members (excludes halogenated alkanes) is 2. The molecule has 0 fully saturated rings. The molecular formula is C22H33Cl3SiTi. The van der Waals surface area contributed by atoms with E-state index in [0.29, 0.717) is 0 Å². The molecule has 150 valence electrons. The largest absolute Gasteiger partial charge is 4.00 e. The van der Waals surface area contributed by atoms with Crippen molar-refractivity contribution in [2.45, 2.75) is 73.6 Å². The number of hydrogen-bond donors (Lipinski definition) is 0. The topological polar surface area (TPSA) is 0 Å². The minimum Gasteiger partial charge on any atom is -1.00 e. The summed E-state index contributed by atoms with van der Waals surface area (Å²) < 4.78 is 0. The summed E-state index contributed by atoms with van der Waals surface area (Å²) in [5.41, 5.74) is 6.23. The van der Waals surface area contributed by atoms with Crippen molar-refractivity contribution >= 4 is 14.7 Å². The van der Waals surface area contributed by atoms with Gasteiger partial charge in [-0.2, -0.15) is 5.20 Å². The number of rotatable bonds is 6. The molecule has 0 aromatic heterocycles. The van der Waals surface area contributed by atoms with Crippen molar-refractivity contribution < 1.29 is 58.9 Å². The Bertz CT molecular complexity index is 611. The van der Waals surface area contributed by atoms with Crippen LogP contribution in [0.3, 0.4) is 0 Å². The summed E-state index contributed by atoms with van der Waals surface area (Å²) in [5.74, 6) is 0. The molecule has 0 saturated heterocycles. The van der Waals surface area contributed by atoms with Crippen molar-refractivity contribution in [2.24, 2.45) is 5.41 Å². The molecule has 0 radical (unpaired) electrons. The van der Waals surface area contributed by atoms with Gasteiger partial charge >= 0.3 is 21.7 Å². The molecule has 1 aliphatic carbocycles. The van der Waals surface area contributed by atoms with Crippen molar-refractivity contribution in [3.8, 4) is 0 Å². The van der Waals surface area contributed by atoms with E-state index in [1.807, 2.05) is 0 Å². The van der Waals surface area contributed by atoms with E-state index in [1.54, 1.807) is 16.0 Å². The van der Waals surface area contributed by atoms with Crippen LogP contribution in [0.5, 0.6) is 0 Å². The molecule has 0 N–H and O–H groups in total. The van der Waals surface area contributed by atoms with Gasteiger partial charge in [0.05, 0.1) is 9.52 Å². The predicted molar refractivity (Wildman–Crippen MR) is 106 cm³/mol. The third-order valence-electron chi connectivity index (χ3n) is 4.61. The zero-order valence-corrected chi connectivity index (χ0v) is 22.9. The molecule has 0 aliphatic heterocycles. The van der Waals surface area contributed by atoms with Crippen molar-refractivity contribution in [3.05, 3.63) is 51.7 Å². The van der Waals surface area contributed by atoms with E-state index in [0.717, 1.165) is 0 Å². The van der Waals surface area contributed by atoms with Gasteiger partial charge in [-0.25, -0.2) is 11.1 Å². The predicted octanol–water partition coefficient (Wildman–Crippen LogP) is -3.88. The summed E-state index contributed by atoms with van der Waals surface area (Å²) in [7, 11) is -0.364. The number of hydrogen-bond acceptors (Lipinski definition) is 0. The molecule has 1 aliphatic rings. The summed E-state index contributed by atoms with van der Waals surface area (Å²) in [6.07, 6.45) is 10.3. The third kappa shape index (κ3) is 10.2. The molecule has 5 heteroatoms. The van der Waals surface area contributed by atoms with Crippen LogP contribution in [-0.4, -0.2) is 9.52 Å². The quantitative estimate of drug-likeness (QED) is 0.223. The van der Waals surface area contributed by atoms with Gasteiger partial charge in [-0.05, 0) is 19.3 Å². The van der Waals surface area contributed by atoms with Crippen molar-refractivity contribution in [2.75, 3.05) is 0 Å². The van der Waals surface area contributed by atoms with E-state index < -0.39 is 0 Å². The van der Waals surface area contributed by atoms with E-state index in [4.69, 9.17) is 0 Å². The average molecular weight is 480 g/mol. The van der Waals surface area contributed by atoms with Crippen LogP contribution in [0.1, 0.15) is 70.9 Å². The minimum absolute atomic E-state index is 0. The van der Waals surface area contributed by atoms with Crippen LogP contribution < -0.4 is 42.4 Å². The first kappa shape index (κ1) is 32.2. The van der Waals surface area contributed by atoms with E-state index in [2.05, 4.69) is 65.8 Å². The second kappa shape index (κ2) is 14.5. The fourth-order valence-corrected chi connectivity index (χ4v) is 5.73. The Labute approximate surface area is 203 Å². The Morgan fingerprint density at radius 1 is 0.963 bits per heavy atom. The maximum Gasteiger partial charge on any atom is 4.00 e. The Balaban J connectivity index is -0.00000144. The summed E-state index contributed by atoms with van der Waals surface area (Å²) in [6, 6.07) is 7.05. The molecule has 0 bridgehead atoms. The van der Waals surface area contributed by atoms with E-state index in [1.165, 1.54) is 48.8 Å². The Morgan fingerprint density at radius 2 is 1.52 bits per heavy atom. The van der Waals surface area contributed by atoms with Gasteiger partial charge in [-0.1, -0.05) is 94.3 Å². The first-order valence-corrected chi connectivity index (χ1v) is 10.6. The smallest absolute Gasteiger partial charge is 1.00 e. The van der Waals surface area contributed by atoms with Crippen LogP contribution in [0.25, 0.3) is 0 Å². The second-order valence-corrected chi connectivity index (χ2v) is 10.3. The van der Waals surface area contributed by atoms with Gasteiger partial charge in [0.15, 0.2) is 0 Å². The first-order chi connectivity index (χ1) is 10.8. The Morgan fingerprint density at radius 3 is 2.00 bits per heavy atom. The van der Waals surface area contributed by atoms with Crippen LogP contribution in [0.15, 0.2) is 34.5 Å². The molecule has 2 rings (SSSR count). The molecule has 0 nitrogen and oxygen atoms in total. The first-order valence-electron chi connectivity index (χ1n) is 9.21. The van der Waals surface area contributed by atoms with Gasteiger partial charge < -0.3 is 37.2 Å². The van der Waals surface area contributed by atoms with Crippen LogP contribution in [0.2, 0.25) is 0 Å². The van der Waals surface area contributed by atoms with Gasteiger partial charge in [0, 0.05) is 0 Å². The Kier molecular flexibility index (Phi) is 17.3. The molecule has 1 aromatic rings. The number of allylic oxidation sites excluding steroid dienone is 4. The minimum atomic E-state index is -0.364. The molecule has 0 unspecified atom stereocenters. The van der Waals surface area contributed by atoms with Crippen LogP contribution >= 0.6 is 0 Å². The average Bonchev–Trinajstić information content (AvgIpc) is 2.81. The molecule has 1 aromatic carbocycles. The molecular weight excluding hydrogens is 447 g/mol. The summed E-state index contributed by atoms with van der Waals surface area (Å²) in [6.45, 7) is 13.7. The van der Waals surface area contributed by atoms with E-state index in [9.17, 15) is 0 Å². The van der Waals surface area contributed by atoms with Gasteiger partial charge in [0.1, 0.15) is 0 Å². The zero-order chi connectivity index (χ0) is 17.0. The van der Waals surface area contributed by atoms with Gasteiger partial charge in [0.25, 0.3) is 0 Å². The number of aryl methyl sites for hydroxylation is 2. The second-order valence-electron chi connectivity index (χ2n) is 8.26. The van der Waals surface area contributed by atoms with Gasteiger partial charge in [0.2, 0.25) is 0 Å². The molecule has 0 spiro atoms. The van der Waals surface area contributed by atoms with Crippen molar-refractivity contribution in [1.29, 1.82) is 0 Å². The normalized spacial score (nSPS) is 13.5. The standard InChI is InChI=1S/C22H33Si.3ClH.Ti/c1-7-8-9-10-18-14-20(15-21(18)22(4,5)6)23-19-12-16(2)11-17(3)13-19;;;;/h11-13H,7-10,14,23H2,1-6H3;3*1H;/q-1;;;;+4/p-3. The molecule has 27 heavy (non-hydrogen) atoms. The molecule has 0 amide bonds. The maximum atomic E-state index is 3.85.